The summed E-state index contributed by atoms with van der Waals surface area (Å²) < 4.78 is 16.9. The molecule has 23 heavy (non-hydrogen) atoms. The molecule has 0 amide bonds. The van der Waals surface area contributed by atoms with E-state index in [9.17, 15) is 0 Å². The summed E-state index contributed by atoms with van der Waals surface area (Å²) in [5, 5.41) is 0. The number of hydrogen-bond acceptors (Lipinski definition) is 4. The van der Waals surface area contributed by atoms with Crippen LogP contribution in [0.5, 0.6) is 11.5 Å². The molecule has 0 bridgehead atoms. The lowest BCUT2D eigenvalue weighted by atomic mass is 9.92. The van der Waals surface area contributed by atoms with Crippen LogP contribution in [-0.4, -0.2) is 34.9 Å². The van der Waals surface area contributed by atoms with Crippen molar-refractivity contribution in [3.63, 3.8) is 0 Å². The van der Waals surface area contributed by atoms with E-state index in [4.69, 9.17) is 14.2 Å². The van der Waals surface area contributed by atoms with Gasteiger partial charge in [-0.1, -0.05) is 12.1 Å². The minimum Gasteiger partial charge on any atom is -0.493 e. The molecule has 2 aromatic rings. The molecule has 0 aromatic heterocycles. The largest absolute Gasteiger partial charge is 0.493 e. The Hall–Kier alpha value is -2.20. The van der Waals surface area contributed by atoms with Gasteiger partial charge in [-0.3, -0.25) is 0 Å². The third-order valence-corrected chi connectivity index (χ3v) is 4.30. The fourth-order valence-electron chi connectivity index (χ4n) is 3.00. The number of benzene rings is 2. The summed E-state index contributed by atoms with van der Waals surface area (Å²) in [5.41, 5.74) is 4.75. The average Bonchev–Trinajstić information content (AvgIpc) is 2.60. The van der Waals surface area contributed by atoms with Gasteiger partial charge in [-0.25, -0.2) is 0 Å². The Kier molecular flexibility index (Phi) is 4.44. The maximum absolute atomic E-state index is 6.05. The zero-order chi connectivity index (χ0) is 16.4. The van der Waals surface area contributed by atoms with Crippen molar-refractivity contribution in [3.8, 4) is 11.5 Å². The van der Waals surface area contributed by atoms with Gasteiger partial charge in [-0.2, -0.15) is 0 Å². The quantitative estimate of drug-likeness (QED) is 0.865. The van der Waals surface area contributed by atoms with E-state index in [1.54, 1.807) is 14.2 Å². The molecule has 0 radical (unpaired) electrons. The Morgan fingerprint density at radius 3 is 2.26 bits per heavy atom. The van der Waals surface area contributed by atoms with Crippen LogP contribution in [0.15, 0.2) is 36.4 Å². The van der Waals surface area contributed by atoms with Gasteiger partial charge in [0.25, 0.3) is 0 Å². The lowest BCUT2D eigenvalue weighted by molar-refractivity contribution is 0.0695. The van der Waals surface area contributed by atoms with Crippen LogP contribution in [-0.2, 0) is 11.2 Å². The molecule has 3 rings (SSSR count). The second kappa shape index (κ2) is 6.50. The van der Waals surface area contributed by atoms with Gasteiger partial charge in [0.15, 0.2) is 11.5 Å². The highest BCUT2D eigenvalue weighted by atomic mass is 16.5. The SMILES string of the molecule is COc1cc2c(cc1OC)[C@@H](c1ccc(N(C)C)cc1)OCC2. The lowest BCUT2D eigenvalue weighted by Gasteiger charge is -2.28. The van der Waals surface area contributed by atoms with Crippen LogP contribution in [0.2, 0.25) is 0 Å². The monoisotopic (exact) mass is 313 g/mol. The minimum absolute atomic E-state index is 0.0604. The first-order valence-electron chi connectivity index (χ1n) is 7.77. The predicted molar refractivity (Wildman–Crippen MR) is 91.8 cm³/mol. The molecule has 1 atom stereocenters. The molecule has 0 saturated carbocycles. The second-order valence-corrected chi connectivity index (χ2v) is 5.89. The van der Waals surface area contributed by atoms with Crippen LogP contribution in [0.3, 0.4) is 0 Å². The third kappa shape index (κ3) is 2.99. The number of hydrogen-bond donors (Lipinski definition) is 0. The van der Waals surface area contributed by atoms with Gasteiger partial charge < -0.3 is 19.1 Å². The van der Waals surface area contributed by atoms with Crippen LogP contribution in [0.1, 0.15) is 22.8 Å². The molecule has 1 heterocycles. The lowest BCUT2D eigenvalue weighted by Crippen LogP contribution is -2.18. The molecule has 122 valence electrons. The fourth-order valence-corrected chi connectivity index (χ4v) is 3.00. The van der Waals surface area contributed by atoms with Crippen molar-refractivity contribution in [1.29, 1.82) is 0 Å². The molecule has 0 spiro atoms. The Morgan fingerprint density at radius 1 is 1.00 bits per heavy atom. The number of fused-ring (bicyclic) bond motifs is 1. The van der Waals surface area contributed by atoms with Crippen LogP contribution in [0.4, 0.5) is 5.69 Å². The average molecular weight is 313 g/mol. The molecular formula is C19H23NO3. The van der Waals surface area contributed by atoms with Gasteiger partial charge in [0.2, 0.25) is 0 Å². The van der Waals surface area contributed by atoms with Crippen molar-refractivity contribution in [1.82, 2.24) is 0 Å². The molecular weight excluding hydrogens is 290 g/mol. The van der Waals surface area contributed by atoms with Crippen LogP contribution >= 0.6 is 0 Å². The first-order chi connectivity index (χ1) is 11.1. The van der Waals surface area contributed by atoms with E-state index < -0.39 is 0 Å². The Balaban J connectivity index is 2.00. The summed E-state index contributed by atoms with van der Waals surface area (Å²) in [6.45, 7) is 0.711. The minimum atomic E-state index is -0.0604. The van der Waals surface area contributed by atoms with E-state index in [1.807, 2.05) is 20.2 Å². The molecule has 0 aliphatic carbocycles. The number of anilines is 1. The van der Waals surface area contributed by atoms with Gasteiger partial charge in [0.05, 0.1) is 20.8 Å². The topological polar surface area (TPSA) is 30.9 Å². The number of methoxy groups -OCH3 is 2. The second-order valence-electron chi connectivity index (χ2n) is 5.89. The van der Waals surface area contributed by atoms with Crippen LogP contribution in [0.25, 0.3) is 0 Å². The summed E-state index contributed by atoms with van der Waals surface area (Å²) in [6.07, 6.45) is 0.830. The smallest absolute Gasteiger partial charge is 0.161 e. The van der Waals surface area contributed by atoms with Crippen molar-refractivity contribution in [3.05, 3.63) is 53.1 Å². The molecule has 4 heteroatoms. The molecule has 0 unspecified atom stereocenters. The summed E-state index contributed by atoms with van der Waals surface area (Å²) in [4.78, 5) is 2.09. The Morgan fingerprint density at radius 2 is 1.65 bits per heavy atom. The highest BCUT2D eigenvalue weighted by Gasteiger charge is 2.25. The zero-order valence-corrected chi connectivity index (χ0v) is 14.1. The van der Waals surface area contributed by atoms with E-state index in [0.29, 0.717) is 6.61 Å². The van der Waals surface area contributed by atoms with Crippen molar-refractivity contribution >= 4 is 5.69 Å². The van der Waals surface area contributed by atoms with E-state index >= 15 is 0 Å². The highest BCUT2D eigenvalue weighted by molar-refractivity contribution is 5.52. The zero-order valence-electron chi connectivity index (χ0n) is 14.1. The Labute approximate surface area is 137 Å². The summed E-state index contributed by atoms with van der Waals surface area (Å²) in [6, 6.07) is 12.6. The van der Waals surface area contributed by atoms with Crippen molar-refractivity contribution in [2.45, 2.75) is 12.5 Å². The molecule has 4 nitrogen and oxygen atoms in total. The van der Waals surface area contributed by atoms with Crippen molar-refractivity contribution < 1.29 is 14.2 Å². The fraction of sp³-hybridized carbons (Fsp3) is 0.368. The molecule has 2 aromatic carbocycles. The van der Waals surface area contributed by atoms with Gasteiger partial charge in [-0.15, -0.1) is 0 Å². The number of nitrogens with zero attached hydrogens (tertiary/aromatic N) is 1. The number of rotatable bonds is 4. The van der Waals surface area contributed by atoms with Crippen LogP contribution in [0, 0.1) is 0 Å². The van der Waals surface area contributed by atoms with Crippen molar-refractivity contribution in [2.75, 3.05) is 39.8 Å². The molecule has 0 N–H and O–H groups in total. The molecule has 0 saturated heterocycles. The summed E-state index contributed by atoms with van der Waals surface area (Å²) >= 11 is 0. The van der Waals surface area contributed by atoms with E-state index in [2.05, 4.69) is 35.2 Å². The maximum Gasteiger partial charge on any atom is 0.161 e. The standard InChI is InChI=1S/C19H23NO3/c1-20(2)15-7-5-13(6-8-15)19-16-12-18(22-4)17(21-3)11-14(16)9-10-23-19/h5-8,11-12,19H,9-10H2,1-4H3/t19-/m1/s1. The predicted octanol–water partition coefficient (Wildman–Crippen LogP) is 3.43. The highest BCUT2D eigenvalue weighted by Crippen LogP contribution is 2.39. The molecule has 0 fully saturated rings. The third-order valence-electron chi connectivity index (χ3n) is 4.30. The summed E-state index contributed by atoms with van der Waals surface area (Å²) in [5.74, 6) is 1.52. The van der Waals surface area contributed by atoms with Crippen LogP contribution < -0.4 is 14.4 Å². The van der Waals surface area contributed by atoms with E-state index in [1.165, 1.54) is 11.3 Å². The van der Waals surface area contributed by atoms with Gasteiger partial charge in [0.1, 0.15) is 6.10 Å². The normalized spacial score (nSPS) is 16.6. The van der Waals surface area contributed by atoms with Gasteiger partial charge >= 0.3 is 0 Å². The summed E-state index contributed by atoms with van der Waals surface area (Å²) in [7, 11) is 7.41. The van der Waals surface area contributed by atoms with Crippen molar-refractivity contribution in [2.24, 2.45) is 0 Å². The molecule has 1 aliphatic rings. The Bertz CT molecular complexity index is 680. The van der Waals surface area contributed by atoms with E-state index in [-0.39, 0.29) is 6.10 Å². The van der Waals surface area contributed by atoms with E-state index in [0.717, 1.165) is 29.0 Å². The maximum atomic E-state index is 6.05. The molecule has 1 aliphatic heterocycles. The van der Waals surface area contributed by atoms with Gasteiger partial charge in [0, 0.05) is 19.8 Å². The first kappa shape index (κ1) is 15.7. The number of ether oxygens (including phenoxy) is 3. The first-order valence-corrected chi connectivity index (χ1v) is 7.77. The van der Waals surface area contributed by atoms with Gasteiger partial charge in [-0.05, 0) is 47.4 Å².